The fourth-order valence-electron chi connectivity index (χ4n) is 9.39. The van der Waals surface area contributed by atoms with Gasteiger partial charge in [0.25, 0.3) is 6.71 Å². The van der Waals surface area contributed by atoms with Gasteiger partial charge < -0.3 is 4.90 Å². The molecule has 1 aliphatic heterocycles. The van der Waals surface area contributed by atoms with E-state index in [9.17, 15) is 0 Å². The summed E-state index contributed by atoms with van der Waals surface area (Å²) in [6, 6.07) is 29.6. The number of nitrogens with zero attached hydrogens (tertiary/aromatic N) is 1. The third-order valence-corrected chi connectivity index (χ3v) is 14.2. The van der Waals surface area contributed by atoms with E-state index in [0.29, 0.717) is 0 Å². The molecule has 0 N–H and O–H groups in total. The van der Waals surface area contributed by atoms with Crippen LogP contribution in [0.15, 0.2) is 72.8 Å². The number of hydrogen-bond acceptors (Lipinski definition) is 2. The Morgan fingerprint density at radius 3 is 1.68 bits per heavy atom. The quantitative estimate of drug-likeness (QED) is 0.165. The fourth-order valence-corrected chi connectivity index (χ4v) is 10.6. The summed E-state index contributed by atoms with van der Waals surface area (Å²) in [4.78, 5) is 2.59. The molecule has 8 rings (SSSR count). The van der Waals surface area contributed by atoms with Crippen molar-refractivity contribution in [1.29, 1.82) is 0 Å². The van der Waals surface area contributed by atoms with E-state index in [-0.39, 0.29) is 33.8 Å². The zero-order valence-corrected chi connectivity index (χ0v) is 33.5. The molecule has 0 spiro atoms. The monoisotopic (exact) mass is 677 g/mol. The Hall–Kier alpha value is -3.30. The smallest absolute Gasteiger partial charge is 0.259 e. The van der Waals surface area contributed by atoms with Crippen LogP contribution in [0.4, 0.5) is 17.1 Å². The van der Waals surface area contributed by atoms with Gasteiger partial charge in [-0.25, -0.2) is 0 Å². The maximum atomic E-state index is 2.65. The summed E-state index contributed by atoms with van der Waals surface area (Å²) in [7, 11) is 0. The van der Waals surface area contributed by atoms with Gasteiger partial charge in [-0.15, -0.1) is 11.3 Å². The van der Waals surface area contributed by atoms with Crippen LogP contribution >= 0.6 is 11.3 Å². The summed E-state index contributed by atoms with van der Waals surface area (Å²) in [5.74, 6) is 0. The number of thiophene rings is 1. The Morgan fingerprint density at radius 1 is 0.580 bits per heavy atom. The number of rotatable bonds is 2. The standard InChI is InChI=1S/C47H56BNS/c1-29-13-18-37-39(23-29)49(32-16-14-31(15-17-32)43(2,3)4)40-27-35-34(45(7,8)20-21-46(35,9)10)26-38(40)48(37)42-25-30-24-33-36(28-41(30)50-42)47(11,12)22-19-44(33,5)6/h13-18,23-28H,19-22H2,1-12H3. The van der Waals surface area contributed by atoms with Crippen molar-refractivity contribution >= 4 is 60.9 Å². The molecule has 1 aromatic heterocycles. The van der Waals surface area contributed by atoms with Crippen LogP contribution in [0.25, 0.3) is 10.1 Å². The predicted octanol–water partition coefficient (Wildman–Crippen LogP) is 11.5. The zero-order chi connectivity index (χ0) is 35.8. The number of aryl methyl sites for hydroxylation is 1. The first-order chi connectivity index (χ1) is 23.3. The lowest BCUT2D eigenvalue weighted by Gasteiger charge is -2.45. The Kier molecular flexibility index (Phi) is 7.35. The highest BCUT2D eigenvalue weighted by atomic mass is 32.1. The summed E-state index contributed by atoms with van der Waals surface area (Å²) in [6.07, 6.45) is 4.90. The first kappa shape index (κ1) is 33.8. The van der Waals surface area contributed by atoms with Crippen molar-refractivity contribution < 1.29 is 0 Å². The minimum atomic E-state index is 0.109. The molecular formula is C47H56BNS. The summed E-state index contributed by atoms with van der Waals surface area (Å²) >= 11 is 2.03. The molecule has 50 heavy (non-hydrogen) atoms. The topological polar surface area (TPSA) is 3.24 Å². The lowest BCUT2D eigenvalue weighted by atomic mass is 9.37. The Bertz CT molecular complexity index is 2110. The lowest BCUT2D eigenvalue weighted by molar-refractivity contribution is 0.332. The van der Waals surface area contributed by atoms with Crippen LogP contribution in [-0.2, 0) is 27.1 Å². The second-order valence-electron chi connectivity index (χ2n) is 19.7. The molecule has 2 heterocycles. The molecule has 3 heteroatoms. The van der Waals surface area contributed by atoms with Gasteiger partial charge in [-0.1, -0.05) is 106 Å². The fraction of sp³-hybridized carbons (Fsp3) is 0.447. The van der Waals surface area contributed by atoms with Crippen LogP contribution in [0.1, 0.15) is 135 Å². The van der Waals surface area contributed by atoms with Crippen molar-refractivity contribution in [2.75, 3.05) is 4.90 Å². The minimum absolute atomic E-state index is 0.109. The second-order valence-corrected chi connectivity index (χ2v) is 20.8. The highest BCUT2D eigenvalue weighted by Crippen LogP contribution is 2.50. The maximum absolute atomic E-state index is 2.65. The van der Waals surface area contributed by atoms with Gasteiger partial charge in [-0.3, -0.25) is 0 Å². The van der Waals surface area contributed by atoms with Gasteiger partial charge in [-0.2, -0.15) is 0 Å². The summed E-state index contributed by atoms with van der Waals surface area (Å²) in [6.45, 7) is 29.0. The van der Waals surface area contributed by atoms with Crippen molar-refractivity contribution in [2.45, 2.75) is 136 Å². The molecule has 258 valence electrons. The molecule has 0 amide bonds. The van der Waals surface area contributed by atoms with Gasteiger partial charge in [0.05, 0.1) is 0 Å². The van der Waals surface area contributed by atoms with E-state index in [1.54, 1.807) is 11.1 Å². The minimum Gasteiger partial charge on any atom is -0.312 e. The Labute approximate surface area is 306 Å². The molecule has 2 aliphatic carbocycles. The molecule has 0 atom stereocenters. The summed E-state index contributed by atoms with van der Waals surface area (Å²) in [5, 5.41) is 1.41. The highest BCUT2D eigenvalue weighted by molar-refractivity contribution is 7.32. The molecule has 0 fully saturated rings. The van der Waals surface area contributed by atoms with Crippen LogP contribution in [-0.4, -0.2) is 6.71 Å². The Balaban J connectivity index is 1.41. The number of hydrogen-bond donors (Lipinski definition) is 0. The van der Waals surface area contributed by atoms with E-state index in [1.165, 1.54) is 90.8 Å². The van der Waals surface area contributed by atoms with Crippen molar-refractivity contribution in [3.63, 3.8) is 0 Å². The number of fused-ring (bicyclic) bond motifs is 5. The highest BCUT2D eigenvalue weighted by Gasteiger charge is 2.43. The lowest BCUT2D eigenvalue weighted by Crippen LogP contribution is -2.57. The van der Waals surface area contributed by atoms with Gasteiger partial charge in [-0.05, 0) is 157 Å². The third-order valence-electron chi connectivity index (χ3n) is 13.1. The van der Waals surface area contributed by atoms with Crippen molar-refractivity contribution in [2.24, 2.45) is 0 Å². The number of benzene rings is 4. The van der Waals surface area contributed by atoms with E-state index < -0.39 is 0 Å². The van der Waals surface area contributed by atoms with E-state index in [2.05, 4.69) is 161 Å². The first-order valence-corrected chi connectivity index (χ1v) is 19.9. The normalized spacial score (nSPS) is 19.8. The average molecular weight is 678 g/mol. The molecule has 0 unspecified atom stereocenters. The molecule has 1 nitrogen and oxygen atoms in total. The first-order valence-electron chi connectivity index (χ1n) is 19.1. The van der Waals surface area contributed by atoms with E-state index in [4.69, 9.17) is 0 Å². The van der Waals surface area contributed by atoms with Crippen LogP contribution < -0.4 is 20.6 Å². The van der Waals surface area contributed by atoms with Gasteiger partial charge >= 0.3 is 0 Å². The predicted molar refractivity (Wildman–Crippen MR) is 222 cm³/mol. The largest absolute Gasteiger partial charge is 0.312 e. The van der Waals surface area contributed by atoms with Gasteiger partial charge in [0.15, 0.2) is 0 Å². The molecule has 0 bridgehead atoms. The molecular weight excluding hydrogens is 621 g/mol. The molecule has 3 aliphatic rings. The SMILES string of the molecule is Cc1ccc2c(c1)N(c1ccc(C(C)(C)C)cc1)c1cc3c(cc1B2c1cc2cc4c(cc2s1)C(C)(C)CCC4(C)C)C(C)(C)CCC3(C)C. The van der Waals surface area contributed by atoms with Crippen molar-refractivity contribution in [1.82, 2.24) is 0 Å². The van der Waals surface area contributed by atoms with Gasteiger partial charge in [0, 0.05) is 21.8 Å². The molecule has 5 aromatic rings. The van der Waals surface area contributed by atoms with Crippen LogP contribution in [0.5, 0.6) is 0 Å². The van der Waals surface area contributed by atoms with Crippen LogP contribution in [0.3, 0.4) is 0 Å². The average Bonchev–Trinajstić information content (AvgIpc) is 3.46. The summed E-state index contributed by atoms with van der Waals surface area (Å²) in [5.41, 5.74) is 16.4. The Morgan fingerprint density at radius 2 is 1.10 bits per heavy atom. The van der Waals surface area contributed by atoms with E-state index in [1.807, 2.05) is 11.3 Å². The zero-order valence-electron chi connectivity index (χ0n) is 32.7. The molecule has 0 radical (unpaired) electrons. The van der Waals surface area contributed by atoms with E-state index in [0.717, 1.165) is 0 Å². The van der Waals surface area contributed by atoms with E-state index >= 15 is 0 Å². The molecule has 4 aromatic carbocycles. The van der Waals surface area contributed by atoms with Gasteiger partial charge in [0.2, 0.25) is 0 Å². The van der Waals surface area contributed by atoms with Crippen LogP contribution in [0, 0.1) is 6.92 Å². The second kappa shape index (κ2) is 10.9. The molecule has 0 saturated heterocycles. The summed E-state index contributed by atoms with van der Waals surface area (Å²) < 4.78 is 2.89. The maximum Gasteiger partial charge on any atom is 0.259 e. The van der Waals surface area contributed by atoms with Crippen LogP contribution in [0.2, 0.25) is 0 Å². The third kappa shape index (κ3) is 5.24. The number of anilines is 3. The molecule has 0 saturated carbocycles. The van der Waals surface area contributed by atoms with Crippen molar-refractivity contribution in [3.8, 4) is 0 Å². The van der Waals surface area contributed by atoms with Crippen molar-refractivity contribution in [3.05, 3.63) is 106 Å². The van der Waals surface area contributed by atoms with Gasteiger partial charge in [0.1, 0.15) is 0 Å².